The molecule has 1 aromatic carbocycles. The first-order valence-corrected chi connectivity index (χ1v) is 11.1. The summed E-state index contributed by atoms with van der Waals surface area (Å²) in [5.74, 6) is 1.08. The van der Waals surface area contributed by atoms with Crippen molar-refractivity contribution in [3.05, 3.63) is 76.7 Å². The fourth-order valence-electron chi connectivity index (χ4n) is 3.89. The SMILES string of the molecule is CNc1ccc(C)cc1.Cc1cc(Cn2cc(C)cc2C=O)nc(N2CCCCC2)c1. The summed E-state index contributed by atoms with van der Waals surface area (Å²) in [6, 6.07) is 14.5. The van der Waals surface area contributed by atoms with Crippen LogP contribution in [0.25, 0.3) is 0 Å². The van der Waals surface area contributed by atoms with Crippen LogP contribution in [0.3, 0.4) is 0 Å². The quantitative estimate of drug-likeness (QED) is 0.565. The third-order valence-corrected chi connectivity index (χ3v) is 5.55. The van der Waals surface area contributed by atoms with E-state index in [0.717, 1.165) is 36.5 Å². The summed E-state index contributed by atoms with van der Waals surface area (Å²) in [6.07, 6.45) is 6.73. The molecule has 5 nitrogen and oxygen atoms in total. The Morgan fingerprint density at radius 3 is 2.29 bits per heavy atom. The number of nitrogens with zero attached hydrogens (tertiary/aromatic N) is 3. The van der Waals surface area contributed by atoms with Gasteiger partial charge >= 0.3 is 0 Å². The molecule has 0 amide bonds. The predicted molar refractivity (Wildman–Crippen MR) is 129 cm³/mol. The monoisotopic (exact) mass is 418 g/mol. The molecule has 0 aliphatic carbocycles. The van der Waals surface area contributed by atoms with Gasteiger partial charge in [0.25, 0.3) is 0 Å². The third-order valence-electron chi connectivity index (χ3n) is 5.55. The van der Waals surface area contributed by atoms with Gasteiger partial charge in [-0.05, 0) is 81.5 Å². The van der Waals surface area contributed by atoms with E-state index >= 15 is 0 Å². The number of nitrogens with one attached hydrogen (secondary N) is 1. The average molecular weight is 419 g/mol. The van der Waals surface area contributed by atoms with Crippen LogP contribution < -0.4 is 10.2 Å². The molecule has 1 fully saturated rings. The molecule has 5 heteroatoms. The van der Waals surface area contributed by atoms with Gasteiger partial charge < -0.3 is 14.8 Å². The van der Waals surface area contributed by atoms with E-state index in [9.17, 15) is 4.79 Å². The summed E-state index contributed by atoms with van der Waals surface area (Å²) in [5.41, 5.74) is 6.52. The number of rotatable bonds is 5. The van der Waals surface area contributed by atoms with Gasteiger partial charge in [-0.25, -0.2) is 4.98 Å². The van der Waals surface area contributed by atoms with Crippen molar-refractivity contribution < 1.29 is 4.79 Å². The van der Waals surface area contributed by atoms with Crippen molar-refractivity contribution in [1.29, 1.82) is 0 Å². The van der Waals surface area contributed by atoms with E-state index in [1.54, 1.807) is 0 Å². The summed E-state index contributed by atoms with van der Waals surface area (Å²) in [7, 11) is 1.92. The number of aryl methyl sites for hydroxylation is 3. The van der Waals surface area contributed by atoms with Gasteiger partial charge in [-0.3, -0.25) is 4.79 Å². The molecule has 0 bridgehead atoms. The number of aldehydes is 1. The Balaban J connectivity index is 0.000000254. The average Bonchev–Trinajstić information content (AvgIpc) is 3.14. The van der Waals surface area contributed by atoms with Crippen molar-refractivity contribution in [2.24, 2.45) is 0 Å². The highest BCUT2D eigenvalue weighted by atomic mass is 16.1. The van der Waals surface area contributed by atoms with Gasteiger partial charge in [0.05, 0.1) is 17.9 Å². The lowest BCUT2D eigenvalue weighted by Crippen LogP contribution is -2.30. The molecule has 4 rings (SSSR count). The lowest BCUT2D eigenvalue weighted by molar-refractivity contribution is 0.111. The molecule has 1 aliphatic heterocycles. The summed E-state index contributed by atoms with van der Waals surface area (Å²) < 4.78 is 1.98. The molecule has 0 radical (unpaired) electrons. The lowest BCUT2D eigenvalue weighted by atomic mass is 10.1. The molecule has 3 heterocycles. The van der Waals surface area contributed by atoms with Crippen LogP contribution in [0.15, 0.2) is 48.7 Å². The molecule has 0 unspecified atom stereocenters. The molecule has 3 aromatic rings. The van der Waals surface area contributed by atoms with E-state index in [1.165, 1.54) is 36.1 Å². The van der Waals surface area contributed by atoms with Crippen LogP contribution in [0.1, 0.15) is 52.1 Å². The molecule has 164 valence electrons. The maximum atomic E-state index is 11.2. The Bertz CT molecular complexity index is 985. The molecule has 1 saturated heterocycles. The number of piperidine rings is 1. The van der Waals surface area contributed by atoms with Gasteiger partial charge in [-0.15, -0.1) is 0 Å². The first kappa shape index (κ1) is 22.6. The topological polar surface area (TPSA) is 50.2 Å². The number of carbonyl (C=O) groups is 1. The van der Waals surface area contributed by atoms with Crippen molar-refractivity contribution in [3.63, 3.8) is 0 Å². The Morgan fingerprint density at radius 2 is 1.65 bits per heavy atom. The summed E-state index contributed by atoms with van der Waals surface area (Å²) >= 11 is 0. The number of pyridine rings is 1. The molecule has 1 aliphatic rings. The molecule has 0 saturated carbocycles. The fraction of sp³-hybridized carbons (Fsp3) is 0.385. The number of hydrogen-bond acceptors (Lipinski definition) is 4. The Hall–Kier alpha value is -3.08. The zero-order valence-electron chi connectivity index (χ0n) is 19.2. The number of carbonyl (C=O) groups excluding carboxylic acids is 1. The van der Waals surface area contributed by atoms with Gasteiger partial charge in [0, 0.05) is 32.0 Å². The summed E-state index contributed by atoms with van der Waals surface area (Å²) in [4.78, 5) is 18.4. The minimum absolute atomic E-state index is 0.643. The Labute approximate surface area is 186 Å². The number of hydrogen-bond donors (Lipinski definition) is 1. The highest BCUT2D eigenvalue weighted by Crippen LogP contribution is 2.20. The Morgan fingerprint density at radius 1 is 0.935 bits per heavy atom. The number of anilines is 2. The molecular formula is C26H34N4O. The van der Waals surface area contributed by atoms with E-state index in [2.05, 4.69) is 60.5 Å². The van der Waals surface area contributed by atoms with Gasteiger partial charge in [-0.2, -0.15) is 0 Å². The first-order valence-electron chi connectivity index (χ1n) is 11.1. The third kappa shape index (κ3) is 6.45. The normalized spacial score (nSPS) is 13.4. The molecule has 2 aromatic heterocycles. The predicted octanol–water partition coefficient (Wildman–Crippen LogP) is 5.39. The highest BCUT2D eigenvalue weighted by molar-refractivity contribution is 5.73. The van der Waals surface area contributed by atoms with Gasteiger partial charge in [0.1, 0.15) is 5.82 Å². The van der Waals surface area contributed by atoms with Crippen molar-refractivity contribution >= 4 is 17.8 Å². The van der Waals surface area contributed by atoms with Crippen LogP contribution in [0.5, 0.6) is 0 Å². The zero-order valence-corrected chi connectivity index (χ0v) is 19.2. The van der Waals surface area contributed by atoms with Gasteiger partial charge in [0.2, 0.25) is 0 Å². The largest absolute Gasteiger partial charge is 0.388 e. The Kier molecular flexibility index (Phi) is 7.88. The van der Waals surface area contributed by atoms with Crippen molar-refractivity contribution in [2.75, 3.05) is 30.4 Å². The standard InChI is InChI=1S/C18H23N3O.C8H11N/c1-14-8-16(12-21-11-15(2)9-17(21)13-22)19-18(10-14)20-6-4-3-5-7-20;1-7-3-5-8(9-2)6-4-7/h8-11,13H,3-7,12H2,1-2H3;3-6,9H,1-2H3. The first-order chi connectivity index (χ1) is 15.0. The molecular weight excluding hydrogens is 384 g/mol. The van der Waals surface area contributed by atoms with Crippen LogP contribution in [0.4, 0.5) is 11.5 Å². The van der Waals surface area contributed by atoms with Crippen LogP contribution in [-0.2, 0) is 6.54 Å². The number of benzene rings is 1. The zero-order chi connectivity index (χ0) is 22.2. The molecule has 1 N–H and O–H groups in total. The summed E-state index contributed by atoms with van der Waals surface area (Å²) in [5, 5.41) is 3.05. The lowest BCUT2D eigenvalue weighted by Gasteiger charge is -2.28. The fourth-order valence-corrected chi connectivity index (χ4v) is 3.89. The van der Waals surface area contributed by atoms with Crippen molar-refractivity contribution in [3.8, 4) is 0 Å². The second-order valence-corrected chi connectivity index (χ2v) is 8.35. The summed E-state index contributed by atoms with van der Waals surface area (Å²) in [6.45, 7) is 9.03. The van der Waals surface area contributed by atoms with Crippen molar-refractivity contribution in [1.82, 2.24) is 9.55 Å². The van der Waals surface area contributed by atoms with Crippen LogP contribution >= 0.6 is 0 Å². The maximum Gasteiger partial charge on any atom is 0.166 e. The maximum absolute atomic E-state index is 11.2. The highest BCUT2D eigenvalue weighted by Gasteiger charge is 2.14. The molecule has 0 spiro atoms. The second-order valence-electron chi connectivity index (χ2n) is 8.35. The van der Waals surface area contributed by atoms with Crippen LogP contribution in [0.2, 0.25) is 0 Å². The van der Waals surface area contributed by atoms with E-state index in [4.69, 9.17) is 4.98 Å². The van der Waals surface area contributed by atoms with E-state index in [1.807, 2.05) is 30.8 Å². The van der Waals surface area contributed by atoms with E-state index in [-0.39, 0.29) is 0 Å². The van der Waals surface area contributed by atoms with Gasteiger partial charge in [0.15, 0.2) is 6.29 Å². The van der Waals surface area contributed by atoms with E-state index < -0.39 is 0 Å². The van der Waals surface area contributed by atoms with Gasteiger partial charge in [-0.1, -0.05) is 17.7 Å². The smallest absolute Gasteiger partial charge is 0.166 e. The van der Waals surface area contributed by atoms with Crippen molar-refractivity contribution in [2.45, 2.75) is 46.6 Å². The molecule has 31 heavy (non-hydrogen) atoms. The van der Waals surface area contributed by atoms with Crippen LogP contribution in [-0.4, -0.2) is 36.0 Å². The van der Waals surface area contributed by atoms with E-state index in [0.29, 0.717) is 12.2 Å². The minimum Gasteiger partial charge on any atom is -0.388 e. The molecule has 0 atom stereocenters. The van der Waals surface area contributed by atoms with Crippen LogP contribution in [0, 0.1) is 20.8 Å². The minimum atomic E-state index is 0.643. The second kappa shape index (κ2) is 10.8. The number of aromatic nitrogens is 2.